The molecule has 29 heavy (non-hydrogen) atoms. The van der Waals surface area contributed by atoms with Gasteiger partial charge in [-0.05, 0) is 89.9 Å². The van der Waals surface area contributed by atoms with Gasteiger partial charge in [-0.2, -0.15) is 0 Å². The molecule has 1 amide bonds. The number of hydrogen-bond acceptors (Lipinski definition) is 2. The highest BCUT2D eigenvalue weighted by Crippen LogP contribution is 2.33. The van der Waals surface area contributed by atoms with Crippen molar-refractivity contribution in [1.82, 2.24) is 9.80 Å². The molecule has 1 saturated heterocycles. The third-order valence-electron chi connectivity index (χ3n) is 6.22. The molecule has 0 bridgehead atoms. The summed E-state index contributed by atoms with van der Waals surface area (Å²) in [5.41, 5.74) is 2.23. The minimum atomic E-state index is 0.145. The molecule has 1 saturated carbocycles. The van der Waals surface area contributed by atoms with E-state index in [2.05, 4.69) is 54.5 Å². The first kappa shape index (κ1) is 22.3. The summed E-state index contributed by atoms with van der Waals surface area (Å²) in [5, 5.41) is 0. The van der Waals surface area contributed by atoms with Crippen LogP contribution in [0.4, 0.5) is 0 Å². The van der Waals surface area contributed by atoms with E-state index in [4.69, 9.17) is 4.99 Å². The number of halogens is 1. The SMILES string of the molecule is CC/C(=C\N=C(/CC1CC1)N1CCN(C(=O)c2ccc(I)cc2)CC1)C(C)CC. The highest BCUT2D eigenvalue weighted by atomic mass is 127. The molecule has 5 heteroatoms. The van der Waals surface area contributed by atoms with Gasteiger partial charge in [0.25, 0.3) is 5.91 Å². The van der Waals surface area contributed by atoms with Gasteiger partial charge in [0.1, 0.15) is 5.84 Å². The topological polar surface area (TPSA) is 35.9 Å². The van der Waals surface area contributed by atoms with Crippen molar-refractivity contribution in [2.45, 2.75) is 52.9 Å². The zero-order chi connectivity index (χ0) is 20.8. The summed E-state index contributed by atoms with van der Waals surface area (Å²) in [6.07, 6.45) is 8.11. The van der Waals surface area contributed by atoms with Gasteiger partial charge in [0.15, 0.2) is 0 Å². The van der Waals surface area contributed by atoms with Gasteiger partial charge in [-0.25, -0.2) is 4.99 Å². The molecule has 1 heterocycles. The Morgan fingerprint density at radius 2 is 1.76 bits per heavy atom. The van der Waals surface area contributed by atoms with Crippen molar-refractivity contribution >= 4 is 34.3 Å². The predicted octanol–water partition coefficient (Wildman–Crippen LogP) is 5.59. The van der Waals surface area contributed by atoms with Gasteiger partial charge < -0.3 is 9.80 Å². The van der Waals surface area contributed by atoms with Crippen LogP contribution in [0.3, 0.4) is 0 Å². The molecule has 1 aliphatic carbocycles. The number of amidine groups is 1. The molecule has 2 aliphatic rings. The van der Waals surface area contributed by atoms with Crippen LogP contribution in [0.5, 0.6) is 0 Å². The number of carbonyl (C=O) groups is 1. The van der Waals surface area contributed by atoms with Crippen LogP contribution < -0.4 is 0 Å². The van der Waals surface area contributed by atoms with E-state index in [-0.39, 0.29) is 5.91 Å². The highest BCUT2D eigenvalue weighted by Gasteiger charge is 2.28. The van der Waals surface area contributed by atoms with E-state index < -0.39 is 0 Å². The number of nitrogens with zero attached hydrogens (tertiary/aromatic N) is 3. The third-order valence-corrected chi connectivity index (χ3v) is 6.94. The van der Waals surface area contributed by atoms with Crippen LogP contribution >= 0.6 is 22.6 Å². The standard InChI is InChI=1S/C24H34IN3O/c1-4-18(3)20(5-2)17-26-23(16-19-6-7-19)27-12-14-28(15-13-27)24(29)21-8-10-22(25)11-9-21/h8-11,17-19H,4-7,12-16H2,1-3H3/b20-17+,26-23+. The Morgan fingerprint density at radius 1 is 1.14 bits per heavy atom. The number of carbonyl (C=O) groups excluding carboxylic acids is 1. The number of rotatable bonds is 7. The van der Waals surface area contributed by atoms with E-state index in [0.717, 1.165) is 60.5 Å². The second kappa shape index (κ2) is 10.6. The van der Waals surface area contributed by atoms with Crippen LogP contribution in [-0.4, -0.2) is 47.7 Å². The third kappa shape index (κ3) is 6.30. The molecule has 0 radical (unpaired) electrons. The molecule has 0 spiro atoms. The normalized spacial score (nSPS) is 19.4. The number of amides is 1. The van der Waals surface area contributed by atoms with E-state index >= 15 is 0 Å². The molecule has 1 unspecified atom stereocenters. The maximum atomic E-state index is 12.8. The number of hydrogen-bond donors (Lipinski definition) is 0. The number of piperazine rings is 1. The average molecular weight is 507 g/mol. The van der Waals surface area contributed by atoms with Gasteiger partial charge in [0.05, 0.1) is 0 Å². The van der Waals surface area contributed by atoms with Crippen LogP contribution in [0.15, 0.2) is 41.0 Å². The maximum Gasteiger partial charge on any atom is 0.253 e. The van der Waals surface area contributed by atoms with E-state index in [1.807, 2.05) is 29.2 Å². The summed E-state index contributed by atoms with van der Waals surface area (Å²) in [6, 6.07) is 7.86. The fourth-order valence-electron chi connectivity index (χ4n) is 3.77. The molecule has 0 N–H and O–H groups in total. The lowest BCUT2D eigenvalue weighted by Gasteiger charge is -2.36. The van der Waals surface area contributed by atoms with Crippen LogP contribution in [0.1, 0.15) is 63.2 Å². The second-order valence-electron chi connectivity index (χ2n) is 8.35. The first-order valence-electron chi connectivity index (χ1n) is 11.1. The van der Waals surface area contributed by atoms with Crippen molar-refractivity contribution in [3.8, 4) is 0 Å². The van der Waals surface area contributed by atoms with Gasteiger partial charge >= 0.3 is 0 Å². The molecule has 1 atom stereocenters. The fourth-order valence-corrected chi connectivity index (χ4v) is 4.13. The Labute approximate surface area is 189 Å². The van der Waals surface area contributed by atoms with Crippen molar-refractivity contribution in [1.29, 1.82) is 0 Å². The number of allylic oxidation sites excluding steroid dienone is 1. The minimum Gasteiger partial charge on any atom is -0.357 e. The molecule has 158 valence electrons. The molecule has 1 aliphatic heterocycles. The quantitative estimate of drug-likeness (QED) is 0.274. The molecule has 4 nitrogen and oxygen atoms in total. The van der Waals surface area contributed by atoms with Gasteiger partial charge in [-0.3, -0.25) is 4.79 Å². The van der Waals surface area contributed by atoms with Crippen LogP contribution in [0, 0.1) is 15.4 Å². The lowest BCUT2D eigenvalue weighted by atomic mass is 9.97. The van der Waals surface area contributed by atoms with E-state index in [0.29, 0.717) is 5.92 Å². The summed E-state index contributed by atoms with van der Waals surface area (Å²) in [4.78, 5) is 22.2. The Balaban J connectivity index is 1.65. The second-order valence-corrected chi connectivity index (χ2v) is 9.59. The van der Waals surface area contributed by atoms with Crippen LogP contribution in [0.2, 0.25) is 0 Å². The Bertz CT molecular complexity index is 744. The Kier molecular flexibility index (Phi) is 8.16. The van der Waals surface area contributed by atoms with Gasteiger partial charge in [-0.1, -0.05) is 20.8 Å². The maximum absolute atomic E-state index is 12.8. The van der Waals surface area contributed by atoms with Crippen molar-refractivity contribution < 1.29 is 4.79 Å². The zero-order valence-corrected chi connectivity index (χ0v) is 20.2. The molecule has 3 rings (SSSR count). The lowest BCUT2D eigenvalue weighted by Crippen LogP contribution is -2.50. The lowest BCUT2D eigenvalue weighted by molar-refractivity contribution is 0.0690. The number of benzene rings is 1. The molecule has 2 fully saturated rings. The molecule has 1 aromatic rings. The van der Waals surface area contributed by atoms with E-state index in [1.54, 1.807) is 0 Å². The molecular weight excluding hydrogens is 473 g/mol. The van der Waals surface area contributed by atoms with Crippen LogP contribution in [-0.2, 0) is 0 Å². The van der Waals surface area contributed by atoms with Gasteiger partial charge in [-0.15, -0.1) is 0 Å². The largest absolute Gasteiger partial charge is 0.357 e. The predicted molar refractivity (Wildman–Crippen MR) is 129 cm³/mol. The van der Waals surface area contributed by atoms with Gasteiger partial charge in [0, 0.05) is 47.9 Å². The van der Waals surface area contributed by atoms with Crippen molar-refractivity contribution in [2.75, 3.05) is 26.2 Å². The smallest absolute Gasteiger partial charge is 0.253 e. The molecule has 0 aromatic heterocycles. The molecule has 1 aromatic carbocycles. The first-order chi connectivity index (χ1) is 14.0. The Morgan fingerprint density at radius 3 is 2.31 bits per heavy atom. The Hall–Kier alpha value is -1.37. The van der Waals surface area contributed by atoms with E-state index in [1.165, 1.54) is 24.3 Å². The fraction of sp³-hybridized carbons (Fsp3) is 0.583. The molecular formula is C24H34IN3O. The average Bonchev–Trinajstić information content (AvgIpc) is 3.57. The summed E-state index contributed by atoms with van der Waals surface area (Å²) in [7, 11) is 0. The van der Waals surface area contributed by atoms with Crippen molar-refractivity contribution in [3.63, 3.8) is 0 Å². The summed E-state index contributed by atoms with van der Waals surface area (Å²) in [6.45, 7) is 10.0. The van der Waals surface area contributed by atoms with E-state index in [9.17, 15) is 4.79 Å². The monoisotopic (exact) mass is 507 g/mol. The summed E-state index contributed by atoms with van der Waals surface area (Å²) < 4.78 is 1.15. The minimum absolute atomic E-state index is 0.145. The zero-order valence-electron chi connectivity index (χ0n) is 18.0. The van der Waals surface area contributed by atoms with Crippen molar-refractivity contribution in [2.24, 2.45) is 16.8 Å². The van der Waals surface area contributed by atoms with Crippen LogP contribution in [0.25, 0.3) is 0 Å². The highest BCUT2D eigenvalue weighted by molar-refractivity contribution is 14.1. The summed E-state index contributed by atoms with van der Waals surface area (Å²) >= 11 is 2.27. The summed E-state index contributed by atoms with van der Waals surface area (Å²) in [5.74, 6) is 2.77. The first-order valence-corrected chi connectivity index (χ1v) is 12.1. The number of aliphatic imine (C=N–C) groups is 1. The van der Waals surface area contributed by atoms with Crippen molar-refractivity contribution in [3.05, 3.63) is 45.2 Å². The van der Waals surface area contributed by atoms with Gasteiger partial charge in [0.2, 0.25) is 0 Å².